The molecule has 0 rings (SSSR count). The van der Waals surface area contributed by atoms with Gasteiger partial charge in [0, 0.05) is 0 Å². The van der Waals surface area contributed by atoms with Gasteiger partial charge < -0.3 is 0 Å². The Bertz CT molecular complexity index is 168. The molecule has 0 aliphatic carbocycles. The molecular formula is C12H20S. The van der Waals surface area contributed by atoms with Gasteiger partial charge in [-0.25, -0.2) is 0 Å². The number of rotatable bonds is 7. The van der Waals surface area contributed by atoms with Crippen LogP contribution in [0.15, 0.2) is 37.0 Å². The molecule has 0 bridgehead atoms. The molecule has 1 atom stereocenters. The highest BCUT2D eigenvalue weighted by Gasteiger charge is 1.98. The van der Waals surface area contributed by atoms with E-state index in [1.54, 1.807) is 0 Å². The van der Waals surface area contributed by atoms with Crippen LogP contribution in [0.25, 0.3) is 0 Å². The summed E-state index contributed by atoms with van der Waals surface area (Å²) in [5.74, 6) is 1.55. The maximum atomic E-state index is 4.16. The van der Waals surface area contributed by atoms with E-state index in [-0.39, 0.29) is 0 Å². The highest BCUT2D eigenvalue weighted by atomic mass is 32.1. The summed E-state index contributed by atoms with van der Waals surface area (Å²) in [5, 5.41) is 0. The fourth-order valence-electron chi connectivity index (χ4n) is 1.14. The van der Waals surface area contributed by atoms with E-state index in [1.165, 1.54) is 0 Å². The van der Waals surface area contributed by atoms with Crippen LogP contribution in [-0.4, -0.2) is 5.75 Å². The van der Waals surface area contributed by atoms with E-state index in [4.69, 9.17) is 0 Å². The zero-order valence-corrected chi connectivity index (χ0v) is 9.34. The van der Waals surface area contributed by atoms with Crippen LogP contribution in [0.3, 0.4) is 0 Å². The van der Waals surface area contributed by atoms with Crippen molar-refractivity contribution in [2.24, 2.45) is 5.92 Å². The third-order valence-electron chi connectivity index (χ3n) is 1.85. The minimum Gasteiger partial charge on any atom is -0.179 e. The summed E-state index contributed by atoms with van der Waals surface area (Å²) in [4.78, 5) is 0. The van der Waals surface area contributed by atoms with Crippen molar-refractivity contribution in [3.63, 3.8) is 0 Å². The number of hydrogen-bond acceptors (Lipinski definition) is 1. The Balaban J connectivity index is 3.84. The van der Waals surface area contributed by atoms with Crippen molar-refractivity contribution in [3.05, 3.63) is 37.0 Å². The van der Waals surface area contributed by atoms with Gasteiger partial charge in [0.2, 0.25) is 0 Å². The molecule has 0 nitrogen and oxygen atoms in total. The van der Waals surface area contributed by atoms with E-state index in [0.29, 0.717) is 5.92 Å². The van der Waals surface area contributed by atoms with Crippen LogP contribution in [0.2, 0.25) is 0 Å². The van der Waals surface area contributed by atoms with Gasteiger partial charge in [0.25, 0.3) is 0 Å². The zero-order valence-electron chi connectivity index (χ0n) is 8.45. The lowest BCUT2D eigenvalue weighted by Gasteiger charge is -2.05. The first-order chi connectivity index (χ1) is 6.35. The molecule has 0 fully saturated rings. The quantitative estimate of drug-likeness (QED) is 0.461. The third-order valence-corrected chi connectivity index (χ3v) is 2.11. The van der Waals surface area contributed by atoms with E-state index >= 15 is 0 Å². The average Bonchev–Trinajstić information content (AvgIpc) is 2.14. The monoisotopic (exact) mass is 196 g/mol. The van der Waals surface area contributed by atoms with Crippen molar-refractivity contribution in [1.29, 1.82) is 0 Å². The topological polar surface area (TPSA) is 0 Å². The molecular weight excluding hydrogens is 176 g/mol. The van der Waals surface area contributed by atoms with Gasteiger partial charge in [-0.15, -0.1) is 6.58 Å². The fourth-order valence-corrected chi connectivity index (χ4v) is 1.29. The first kappa shape index (κ1) is 12.6. The molecule has 0 amide bonds. The Labute approximate surface area is 87.8 Å². The summed E-state index contributed by atoms with van der Waals surface area (Å²) >= 11 is 4.16. The standard InChI is InChI=1S/C12H20S/c1-3-5-9-12(8-4-2)10-6-7-11-13/h3-6,10,12-13H,2,7-9,11H2,1H3/b5-3+,10-6+. The number of thiol groups is 1. The average molecular weight is 196 g/mol. The van der Waals surface area contributed by atoms with Gasteiger partial charge in [-0.05, 0) is 37.9 Å². The fraction of sp³-hybridized carbons (Fsp3) is 0.500. The second kappa shape index (κ2) is 9.66. The van der Waals surface area contributed by atoms with E-state index in [2.05, 4.69) is 50.4 Å². The molecule has 0 aliphatic rings. The van der Waals surface area contributed by atoms with Crippen LogP contribution >= 0.6 is 12.6 Å². The second-order valence-electron chi connectivity index (χ2n) is 3.03. The maximum Gasteiger partial charge on any atom is -0.00633 e. The summed E-state index contributed by atoms with van der Waals surface area (Å²) < 4.78 is 0. The van der Waals surface area contributed by atoms with Crippen LogP contribution in [0.4, 0.5) is 0 Å². The van der Waals surface area contributed by atoms with E-state index in [9.17, 15) is 0 Å². The third kappa shape index (κ3) is 7.92. The first-order valence-corrected chi connectivity index (χ1v) is 5.48. The lowest BCUT2D eigenvalue weighted by Crippen LogP contribution is -1.92. The van der Waals surface area contributed by atoms with E-state index in [0.717, 1.165) is 25.0 Å². The molecule has 1 unspecified atom stereocenters. The van der Waals surface area contributed by atoms with Crippen molar-refractivity contribution in [2.45, 2.75) is 26.2 Å². The molecule has 0 N–H and O–H groups in total. The molecule has 0 aromatic heterocycles. The molecule has 0 saturated carbocycles. The summed E-state index contributed by atoms with van der Waals surface area (Å²) in [6, 6.07) is 0. The van der Waals surface area contributed by atoms with Gasteiger partial charge in [0.05, 0.1) is 0 Å². The maximum absolute atomic E-state index is 4.16. The highest BCUT2D eigenvalue weighted by Crippen LogP contribution is 2.12. The van der Waals surface area contributed by atoms with Gasteiger partial charge in [-0.3, -0.25) is 0 Å². The van der Waals surface area contributed by atoms with Gasteiger partial charge in [-0.1, -0.05) is 30.4 Å². The van der Waals surface area contributed by atoms with Gasteiger partial charge in [-0.2, -0.15) is 12.6 Å². The molecule has 0 aliphatic heterocycles. The smallest absolute Gasteiger partial charge is 0.00633 e. The van der Waals surface area contributed by atoms with Crippen molar-refractivity contribution < 1.29 is 0 Å². The van der Waals surface area contributed by atoms with Crippen molar-refractivity contribution >= 4 is 12.6 Å². The molecule has 0 spiro atoms. The molecule has 1 heteroatoms. The van der Waals surface area contributed by atoms with Crippen molar-refractivity contribution in [3.8, 4) is 0 Å². The van der Waals surface area contributed by atoms with Crippen molar-refractivity contribution in [2.75, 3.05) is 5.75 Å². The normalized spacial score (nSPS) is 14.0. The van der Waals surface area contributed by atoms with Crippen LogP contribution in [0.1, 0.15) is 26.2 Å². The summed E-state index contributed by atoms with van der Waals surface area (Å²) in [6.45, 7) is 5.82. The van der Waals surface area contributed by atoms with Gasteiger partial charge >= 0.3 is 0 Å². The largest absolute Gasteiger partial charge is 0.179 e. The zero-order chi connectivity index (χ0) is 9.94. The van der Waals surface area contributed by atoms with Gasteiger partial charge in [0.1, 0.15) is 0 Å². The number of allylic oxidation sites excluding steroid dienone is 5. The Hall–Kier alpha value is -0.430. The van der Waals surface area contributed by atoms with Crippen LogP contribution in [0.5, 0.6) is 0 Å². The van der Waals surface area contributed by atoms with Gasteiger partial charge in [0.15, 0.2) is 0 Å². The second-order valence-corrected chi connectivity index (χ2v) is 3.48. The Morgan fingerprint density at radius 3 is 2.62 bits per heavy atom. The summed E-state index contributed by atoms with van der Waals surface area (Å²) in [5.41, 5.74) is 0. The summed E-state index contributed by atoms with van der Waals surface area (Å²) in [7, 11) is 0. The molecule has 0 heterocycles. The highest BCUT2D eigenvalue weighted by molar-refractivity contribution is 7.80. The van der Waals surface area contributed by atoms with Crippen LogP contribution < -0.4 is 0 Å². The minimum absolute atomic E-state index is 0.619. The molecule has 74 valence electrons. The van der Waals surface area contributed by atoms with E-state index < -0.39 is 0 Å². The molecule has 0 aromatic rings. The lowest BCUT2D eigenvalue weighted by atomic mass is 10.0. The lowest BCUT2D eigenvalue weighted by molar-refractivity contribution is 0.673. The Morgan fingerprint density at radius 2 is 2.08 bits per heavy atom. The molecule has 13 heavy (non-hydrogen) atoms. The summed E-state index contributed by atoms with van der Waals surface area (Å²) in [6.07, 6.45) is 14.0. The molecule has 0 saturated heterocycles. The predicted molar refractivity (Wildman–Crippen MR) is 65.3 cm³/mol. The van der Waals surface area contributed by atoms with Crippen LogP contribution in [-0.2, 0) is 0 Å². The first-order valence-electron chi connectivity index (χ1n) is 4.84. The van der Waals surface area contributed by atoms with E-state index in [1.807, 2.05) is 6.08 Å². The predicted octanol–water partition coefficient (Wildman–Crippen LogP) is 4.02. The Kier molecular flexibility index (Phi) is 9.34. The Morgan fingerprint density at radius 1 is 1.31 bits per heavy atom. The van der Waals surface area contributed by atoms with Crippen LogP contribution in [0, 0.1) is 5.92 Å². The minimum atomic E-state index is 0.619. The number of hydrogen-bond donors (Lipinski definition) is 1. The molecule has 0 aromatic carbocycles. The SMILES string of the molecule is C=CCC(/C=C/CCS)C/C=C/C. The molecule has 0 radical (unpaired) electrons. The van der Waals surface area contributed by atoms with Crippen molar-refractivity contribution in [1.82, 2.24) is 0 Å².